The van der Waals surface area contributed by atoms with Crippen LogP contribution in [0, 0.1) is 11.8 Å². The van der Waals surface area contributed by atoms with E-state index in [1.165, 1.54) is 4.90 Å². The number of nitrogens with zero attached hydrogens (tertiary/aromatic N) is 1. The number of hydrogen-bond acceptors (Lipinski definition) is 3. The van der Waals surface area contributed by atoms with E-state index in [2.05, 4.69) is 5.32 Å². The molecule has 2 saturated heterocycles. The Hall–Kier alpha value is -2.95. The molecule has 0 bridgehead atoms. The molecule has 2 amide bonds. The van der Waals surface area contributed by atoms with Gasteiger partial charge in [-0.2, -0.15) is 0 Å². The zero-order valence-electron chi connectivity index (χ0n) is 15.5. The Morgan fingerprint density at radius 3 is 1.69 bits per heavy atom. The molecule has 0 unspecified atom stereocenters. The molecule has 3 aromatic rings. The van der Waals surface area contributed by atoms with Crippen molar-refractivity contribution in [1.82, 2.24) is 5.32 Å². The smallest absolute Gasteiger partial charge is 0.239 e. The number of halogens is 1. The topological polar surface area (TPSA) is 49.4 Å². The largest absolute Gasteiger partial charge is 0.302 e. The van der Waals surface area contributed by atoms with Gasteiger partial charge in [-0.15, -0.1) is 0 Å². The fourth-order valence-electron chi connectivity index (χ4n) is 4.58. The van der Waals surface area contributed by atoms with Crippen LogP contribution < -0.4 is 10.2 Å². The van der Waals surface area contributed by atoms with Crippen LogP contribution >= 0.6 is 11.6 Å². The fraction of sp³-hybridized carbons (Fsp3) is 0.167. The van der Waals surface area contributed by atoms with Crippen molar-refractivity contribution in [3.05, 3.63) is 101 Å². The molecule has 4 atom stereocenters. The predicted molar refractivity (Wildman–Crippen MR) is 112 cm³/mol. The maximum atomic E-state index is 13.5. The Morgan fingerprint density at radius 2 is 1.14 bits per heavy atom. The van der Waals surface area contributed by atoms with Crippen molar-refractivity contribution in [2.75, 3.05) is 4.90 Å². The van der Waals surface area contributed by atoms with Gasteiger partial charge in [0.05, 0.1) is 17.5 Å². The number of amides is 2. The monoisotopic (exact) mass is 402 g/mol. The first-order valence-electron chi connectivity index (χ1n) is 9.64. The van der Waals surface area contributed by atoms with Crippen LogP contribution in [0.15, 0.2) is 84.9 Å². The van der Waals surface area contributed by atoms with Crippen LogP contribution in [0.1, 0.15) is 23.2 Å². The quantitative estimate of drug-likeness (QED) is 0.655. The number of benzene rings is 3. The lowest BCUT2D eigenvalue weighted by atomic mass is 9.84. The molecule has 144 valence electrons. The molecule has 5 rings (SSSR count). The molecule has 0 saturated carbocycles. The molecule has 29 heavy (non-hydrogen) atoms. The Labute approximate surface area is 174 Å². The second-order valence-corrected chi connectivity index (χ2v) is 7.92. The van der Waals surface area contributed by atoms with E-state index in [1.807, 2.05) is 72.8 Å². The minimum absolute atomic E-state index is 0.149. The summed E-state index contributed by atoms with van der Waals surface area (Å²) in [6.45, 7) is 0. The molecule has 2 heterocycles. The minimum Gasteiger partial charge on any atom is -0.302 e. The third-order valence-corrected chi connectivity index (χ3v) is 6.13. The standard InChI is InChI=1S/C24H19ClN2O2/c25-17-13-11-16(12-14-17)22-20-19(21(26-22)15-7-3-1-4-8-15)23(28)27(24(20)29)18-9-5-2-6-10-18/h1-14,19-22,26H/t19-,20+,21-,22-/m1/s1. The second-order valence-electron chi connectivity index (χ2n) is 7.48. The maximum Gasteiger partial charge on any atom is 0.239 e. The lowest BCUT2D eigenvalue weighted by Gasteiger charge is -2.23. The number of fused-ring (bicyclic) bond motifs is 1. The van der Waals surface area contributed by atoms with Crippen molar-refractivity contribution in [3.63, 3.8) is 0 Å². The molecular formula is C24H19ClN2O2. The van der Waals surface area contributed by atoms with Gasteiger partial charge in [-0.25, -0.2) is 4.90 Å². The molecule has 3 aromatic carbocycles. The molecule has 0 spiro atoms. The molecule has 2 fully saturated rings. The predicted octanol–water partition coefficient (Wildman–Crippen LogP) is 4.53. The number of imide groups is 1. The Bertz CT molecular complexity index is 1050. The summed E-state index contributed by atoms with van der Waals surface area (Å²) in [7, 11) is 0. The lowest BCUT2D eigenvalue weighted by molar-refractivity contribution is -0.123. The van der Waals surface area contributed by atoms with Crippen molar-refractivity contribution < 1.29 is 9.59 Å². The summed E-state index contributed by atoms with van der Waals surface area (Å²) in [4.78, 5) is 28.3. The first kappa shape index (κ1) is 18.1. The normalized spacial score (nSPS) is 26.0. The summed E-state index contributed by atoms with van der Waals surface area (Å²) in [6.07, 6.45) is 0. The van der Waals surface area contributed by atoms with Crippen molar-refractivity contribution >= 4 is 29.1 Å². The van der Waals surface area contributed by atoms with Gasteiger partial charge in [-0.3, -0.25) is 9.59 Å². The maximum absolute atomic E-state index is 13.5. The van der Waals surface area contributed by atoms with E-state index in [1.54, 1.807) is 12.1 Å². The summed E-state index contributed by atoms with van der Waals surface area (Å²) in [5, 5.41) is 4.21. The molecule has 4 nitrogen and oxygen atoms in total. The van der Waals surface area contributed by atoms with Crippen LogP contribution in [0.25, 0.3) is 0 Å². The summed E-state index contributed by atoms with van der Waals surface area (Å²) in [5.41, 5.74) is 2.59. The van der Waals surface area contributed by atoms with Gasteiger partial charge in [-0.1, -0.05) is 72.3 Å². The van der Waals surface area contributed by atoms with Gasteiger partial charge >= 0.3 is 0 Å². The van der Waals surface area contributed by atoms with Crippen molar-refractivity contribution in [2.24, 2.45) is 11.8 Å². The zero-order chi connectivity index (χ0) is 20.0. The Kier molecular flexibility index (Phi) is 4.46. The van der Waals surface area contributed by atoms with Gasteiger partial charge in [0.15, 0.2) is 0 Å². The summed E-state index contributed by atoms with van der Waals surface area (Å²) >= 11 is 6.06. The number of anilines is 1. The van der Waals surface area contributed by atoms with Crippen LogP contribution in [0.3, 0.4) is 0 Å². The zero-order valence-corrected chi connectivity index (χ0v) is 16.3. The summed E-state index contributed by atoms with van der Waals surface area (Å²) < 4.78 is 0. The minimum atomic E-state index is -0.464. The van der Waals surface area contributed by atoms with Gasteiger partial charge in [0.2, 0.25) is 11.8 Å². The summed E-state index contributed by atoms with van der Waals surface area (Å²) in [5.74, 6) is -1.22. The van der Waals surface area contributed by atoms with Gasteiger partial charge in [0.1, 0.15) is 0 Å². The van der Waals surface area contributed by atoms with Crippen molar-refractivity contribution in [1.29, 1.82) is 0 Å². The van der Waals surface area contributed by atoms with Crippen LogP contribution in [0.4, 0.5) is 5.69 Å². The molecule has 2 aliphatic rings. The third kappa shape index (κ3) is 2.96. The van der Waals surface area contributed by atoms with E-state index in [0.29, 0.717) is 10.7 Å². The highest BCUT2D eigenvalue weighted by atomic mass is 35.5. The van der Waals surface area contributed by atoms with Crippen molar-refractivity contribution in [3.8, 4) is 0 Å². The number of hydrogen-bond donors (Lipinski definition) is 1. The van der Waals surface area contributed by atoms with E-state index >= 15 is 0 Å². The average Bonchev–Trinajstić information content (AvgIpc) is 3.27. The van der Waals surface area contributed by atoms with E-state index in [9.17, 15) is 9.59 Å². The Morgan fingerprint density at radius 1 is 0.655 bits per heavy atom. The molecule has 5 heteroatoms. The number of rotatable bonds is 3. The second kappa shape index (κ2) is 7.14. The number of para-hydroxylation sites is 1. The highest BCUT2D eigenvalue weighted by Crippen LogP contribution is 2.50. The van der Waals surface area contributed by atoms with Gasteiger partial charge in [0, 0.05) is 17.1 Å². The first-order valence-corrected chi connectivity index (χ1v) is 10.0. The first-order chi connectivity index (χ1) is 14.1. The van der Waals surface area contributed by atoms with Gasteiger partial charge in [0.25, 0.3) is 0 Å². The van der Waals surface area contributed by atoms with Gasteiger partial charge < -0.3 is 5.32 Å². The fourth-order valence-corrected chi connectivity index (χ4v) is 4.71. The number of carbonyl (C=O) groups excluding carboxylic acids is 2. The Balaban J connectivity index is 1.60. The van der Waals surface area contributed by atoms with Crippen LogP contribution in [0.2, 0.25) is 5.02 Å². The number of nitrogens with one attached hydrogen (secondary N) is 1. The van der Waals surface area contributed by atoms with Crippen LogP contribution in [0.5, 0.6) is 0 Å². The molecule has 1 N–H and O–H groups in total. The lowest BCUT2D eigenvalue weighted by Crippen LogP contribution is -2.36. The van der Waals surface area contributed by atoms with Crippen molar-refractivity contribution in [2.45, 2.75) is 12.1 Å². The van der Waals surface area contributed by atoms with Crippen LogP contribution in [-0.4, -0.2) is 11.8 Å². The summed E-state index contributed by atoms with van der Waals surface area (Å²) in [6, 6.07) is 26.0. The number of carbonyl (C=O) groups is 2. The molecule has 0 aliphatic carbocycles. The van der Waals surface area contributed by atoms with Crippen LogP contribution in [-0.2, 0) is 9.59 Å². The van der Waals surface area contributed by atoms with Gasteiger partial charge in [-0.05, 0) is 35.4 Å². The van der Waals surface area contributed by atoms with E-state index in [0.717, 1.165) is 11.1 Å². The molecule has 0 radical (unpaired) electrons. The highest BCUT2D eigenvalue weighted by molar-refractivity contribution is 6.30. The molecular weight excluding hydrogens is 384 g/mol. The SMILES string of the molecule is O=C1[C@@H]2[C@H](C(=O)N1c1ccccc1)[C@@H](c1ccc(Cl)cc1)N[C@@H]2c1ccccc1. The van der Waals surface area contributed by atoms with E-state index < -0.39 is 11.8 Å². The highest BCUT2D eigenvalue weighted by Gasteiger charge is 2.59. The van der Waals surface area contributed by atoms with E-state index in [-0.39, 0.29) is 23.9 Å². The molecule has 2 aliphatic heterocycles. The third-order valence-electron chi connectivity index (χ3n) is 5.88. The average molecular weight is 403 g/mol. The van der Waals surface area contributed by atoms with E-state index in [4.69, 9.17) is 11.6 Å². The molecule has 0 aromatic heterocycles.